The minimum atomic E-state index is -0.176. The fourth-order valence-electron chi connectivity index (χ4n) is 3.95. The molecule has 166 valence electrons. The van der Waals surface area contributed by atoms with E-state index in [9.17, 15) is 10.2 Å². The second-order valence-electron chi connectivity index (χ2n) is 7.85. The minimum Gasteiger partial charge on any atom is -0.504 e. The second-order valence-corrected chi connectivity index (χ2v) is 7.85. The first-order chi connectivity index (χ1) is 15.6. The molecule has 1 aliphatic rings. The number of nitrogens with two attached hydrogens (primary N) is 1. The number of ether oxygens (including phenoxy) is 1. The first-order valence-corrected chi connectivity index (χ1v) is 10.6. The van der Waals surface area contributed by atoms with Gasteiger partial charge >= 0.3 is 0 Å². The first kappa shape index (κ1) is 20.3. The number of nitrogens with zero attached hydrogens (tertiary/aromatic N) is 5. The van der Waals surface area contributed by atoms with Gasteiger partial charge in [-0.1, -0.05) is 6.07 Å². The Labute approximate surface area is 184 Å². The minimum absolute atomic E-state index is 0.164. The van der Waals surface area contributed by atoms with Gasteiger partial charge in [0.25, 0.3) is 0 Å². The SMILES string of the molecule is Nc1nc2c3ccc(NCCN4CCOCC4)cc3nc(Cc3ccc(O)c(O)c3)n2n1. The molecule has 5 N–H and O–H groups in total. The van der Waals surface area contributed by atoms with Crippen LogP contribution in [0.1, 0.15) is 11.4 Å². The molecule has 1 fully saturated rings. The Morgan fingerprint density at radius 3 is 2.69 bits per heavy atom. The first-order valence-electron chi connectivity index (χ1n) is 10.6. The summed E-state index contributed by atoms with van der Waals surface area (Å²) in [4.78, 5) is 11.6. The second kappa shape index (κ2) is 8.48. The smallest absolute Gasteiger partial charge is 0.240 e. The van der Waals surface area contributed by atoms with Crippen LogP contribution in [0.3, 0.4) is 0 Å². The maximum atomic E-state index is 9.84. The van der Waals surface area contributed by atoms with Gasteiger partial charge in [-0.2, -0.15) is 9.50 Å². The number of aromatic hydroxyl groups is 2. The van der Waals surface area contributed by atoms with E-state index >= 15 is 0 Å². The van der Waals surface area contributed by atoms with Crippen molar-refractivity contribution in [3.63, 3.8) is 0 Å². The van der Waals surface area contributed by atoms with Gasteiger partial charge in [0.15, 0.2) is 17.1 Å². The van der Waals surface area contributed by atoms with Crippen molar-refractivity contribution in [3.05, 3.63) is 47.8 Å². The monoisotopic (exact) mass is 435 g/mol. The molecule has 4 aromatic rings. The number of nitrogen functional groups attached to an aromatic ring is 1. The van der Waals surface area contributed by atoms with Crippen LogP contribution in [-0.2, 0) is 11.2 Å². The summed E-state index contributed by atoms with van der Waals surface area (Å²) in [5.41, 5.74) is 9.05. The lowest BCUT2D eigenvalue weighted by Crippen LogP contribution is -2.38. The lowest BCUT2D eigenvalue weighted by molar-refractivity contribution is 0.0398. The number of rotatable bonds is 6. The fourth-order valence-corrected chi connectivity index (χ4v) is 3.95. The van der Waals surface area contributed by atoms with E-state index in [0.717, 1.165) is 61.5 Å². The Balaban J connectivity index is 1.43. The summed E-state index contributed by atoms with van der Waals surface area (Å²) >= 11 is 0. The van der Waals surface area contributed by atoms with Crippen LogP contribution >= 0.6 is 0 Å². The van der Waals surface area contributed by atoms with Gasteiger partial charge in [0, 0.05) is 43.7 Å². The van der Waals surface area contributed by atoms with Crippen LogP contribution in [0.5, 0.6) is 11.5 Å². The summed E-state index contributed by atoms with van der Waals surface area (Å²) in [6, 6.07) is 10.7. The quantitative estimate of drug-likeness (QED) is 0.333. The average molecular weight is 435 g/mol. The standard InChI is InChI=1S/C22H25N7O3/c23-22-26-21-16-3-2-15(24-5-6-28-7-9-32-10-8-28)13-17(16)25-20(29(21)27-22)12-14-1-4-18(30)19(31)11-14/h1-4,11,13,24,30-31H,5-10,12H2,(H2,23,27). The molecular formula is C22H25N7O3. The Hall–Kier alpha value is -3.63. The molecule has 0 unspecified atom stereocenters. The zero-order valence-corrected chi connectivity index (χ0v) is 17.5. The average Bonchev–Trinajstić information content (AvgIpc) is 3.19. The van der Waals surface area contributed by atoms with E-state index in [-0.39, 0.29) is 17.4 Å². The summed E-state index contributed by atoms with van der Waals surface area (Å²) < 4.78 is 7.03. The van der Waals surface area contributed by atoms with Gasteiger partial charge in [0.05, 0.1) is 18.7 Å². The van der Waals surface area contributed by atoms with Crippen LogP contribution in [0.15, 0.2) is 36.4 Å². The maximum Gasteiger partial charge on any atom is 0.240 e. The topological polar surface area (TPSA) is 134 Å². The van der Waals surface area contributed by atoms with Crippen LogP contribution in [0.2, 0.25) is 0 Å². The summed E-state index contributed by atoms with van der Waals surface area (Å²) in [6.07, 6.45) is 0.387. The third-order valence-corrected chi connectivity index (χ3v) is 5.62. The molecule has 5 rings (SSSR count). The van der Waals surface area contributed by atoms with Gasteiger partial charge in [0.1, 0.15) is 5.82 Å². The van der Waals surface area contributed by atoms with Gasteiger partial charge in [-0.3, -0.25) is 4.90 Å². The molecule has 0 spiro atoms. The molecule has 10 nitrogen and oxygen atoms in total. The highest BCUT2D eigenvalue weighted by Crippen LogP contribution is 2.27. The van der Waals surface area contributed by atoms with E-state index in [4.69, 9.17) is 15.5 Å². The summed E-state index contributed by atoms with van der Waals surface area (Å²) in [7, 11) is 0. The Morgan fingerprint density at radius 2 is 1.88 bits per heavy atom. The van der Waals surface area contributed by atoms with Gasteiger partial charge in [-0.15, -0.1) is 5.10 Å². The third kappa shape index (κ3) is 4.10. The molecule has 2 aromatic heterocycles. The maximum absolute atomic E-state index is 9.84. The number of morpholine rings is 1. The van der Waals surface area contributed by atoms with Gasteiger partial charge in [-0.25, -0.2) is 4.98 Å². The lowest BCUT2D eigenvalue weighted by atomic mass is 10.1. The third-order valence-electron chi connectivity index (χ3n) is 5.62. The van der Waals surface area contributed by atoms with Crippen molar-refractivity contribution in [2.24, 2.45) is 0 Å². The molecule has 0 saturated carbocycles. The predicted molar refractivity (Wildman–Crippen MR) is 121 cm³/mol. The summed E-state index contributed by atoms with van der Waals surface area (Å²) in [5, 5.41) is 28.0. The zero-order valence-electron chi connectivity index (χ0n) is 17.5. The highest BCUT2D eigenvalue weighted by atomic mass is 16.5. The number of fused-ring (bicyclic) bond motifs is 3. The van der Waals surface area contributed by atoms with E-state index in [1.807, 2.05) is 18.2 Å². The number of anilines is 2. The Morgan fingerprint density at radius 1 is 1.03 bits per heavy atom. The van der Waals surface area contributed by atoms with Crippen LogP contribution in [0.4, 0.5) is 11.6 Å². The van der Waals surface area contributed by atoms with Crippen LogP contribution in [0, 0.1) is 0 Å². The van der Waals surface area contributed by atoms with Crippen LogP contribution < -0.4 is 11.1 Å². The lowest BCUT2D eigenvalue weighted by Gasteiger charge is -2.26. The Bertz CT molecular complexity index is 1270. The number of nitrogens with one attached hydrogen (secondary N) is 1. The van der Waals surface area contributed by atoms with Gasteiger partial charge in [0.2, 0.25) is 5.95 Å². The number of benzene rings is 2. The highest BCUT2D eigenvalue weighted by molar-refractivity contribution is 5.93. The van der Waals surface area contributed by atoms with Crippen LogP contribution in [0.25, 0.3) is 16.6 Å². The normalized spacial score (nSPS) is 14.9. The van der Waals surface area contributed by atoms with Gasteiger partial charge < -0.3 is 26.0 Å². The molecule has 0 aliphatic carbocycles. The van der Waals surface area contributed by atoms with Crippen molar-refractivity contribution in [1.82, 2.24) is 24.5 Å². The van der Waals surface area contributed by atoms with E-state index < -0.39 is 0 Å². The summed E-state index contributed by atoms with van der Waals surface area (Å²) in [5.74, 6) is 0.460. The molecule has 1 aliphatic heterocycles. The summed E-state index contributed by atoms with van der Waals surface area (Å²) in [6.45, 7) is 5.28. The largest absolute Gasteiger partial charge is 0.504 e. The molecule has 2 aromatic carbocycles. The molecule has 32 heavy (non-hydrogen) atoms. The number of phenolic OH excluding ortho intramolecular Hbond substituents is 2. The van der Waals surface area contributed by atoms with Crippen molar-refractivity contribution >= 4 is 28.2 Å². The van der Waals surface area contributed by atoms with E-state index in [1.54, 1.807) is 10.6 Å². The molecule has 1 saturated heterocycles. The Kier molecular flexibility index (Phi) is 5.38. The molecule has 0 radical (unpaired) electrons. The highest BCUT2D eigenvalue weighted by Gasteiger charge is 2.15. The predicted octanol–water partition coefficient (Wildman–Crippen LogP) is 1.61. The van der Waals surface area contributed by atoms with E-state index in [2.05, 4.69) is 20.3 Å². The molecule has 0 atom stereocenters. The number of hydrogen-bond donors (Lipinski definition) is 4. The fraction of sp³-hybridized carbons (Fsp3) is 0.318. The van der Waals surface area contributed by atoms with E-state index in [0.29, 0.717) is 17.9 Å². The molecule has 3 heterocycles. The molecular weight excluding hydrogens is 410 g/mol. The van der Waals surface area contributed by atoms with Crippen molar-refractivity contribution in [2.45, 2.75) is 6.42 Å². The van der Waals surface area contributed by atoms with Crippen molar-refractivity contribution in [2.75, 3.05) is 50.4 Å². The van der Waals surface area contributed by atoms with Crippen LogP contribution in [-0.4, -0.2) is 74.1 Å². The number of phenols is 2. The molecule has 10 heteroatoms. The number of aromatic nitrogens is 4. The van der Waals surface area contributed by atoms with Crippen molar-refractivity contribution < 1.29 is 14.9 Å². The molecule has 0 bridgehead atoms. The van der Waals surface area contributed by atoms with Gasteiger partial charge in [-0.05, 0) is 35.9 Å². The number of hydrogen-bond acceptors (Lipinski definition) is 9. The molecule has 0 amide bonds. The van der Waals surface area contributed by atoms with Crippen molar-refractivity contribution in [1.29, 1.82) is 0 Å². The van der Waals surface area contributed by atoms with E-state index in [1.165, 1.54) is 12.1 Å². The zero-order chi connectivity index (χ0) is 22.1. The van der Waals surface area contributed by atoms with Crippen molar-refractivity contribution in [3.8, 4) is 11.5 Å².